The summed E-state index contributed by atoms with van der Waals surface area (Å²) in [5, 5.41) is 4.41. The van der Waals surface area contributed by atoms with Crippen molar-refractivity contribution in [3.8, 4) is 11.3 Å². The van der Waals surface area contributed by atoms with Crippen LogP contribution < -0.4 is 5.32 Å². The third-order valence-electron chi connectivity index (χ3n) is 2.26. The molecule has 0 aliphatic rings. The lowest BCUT2D eigenvalue weighted by atomic mass is 10.1. The van der Waals surface area contributed by atoms with Gasteiger partial charge in [0.2, 0.25) is 0 Å². The normalized spacial score (nSPS) is 10.7. The fourth-order valence-electron chi connectivity index (χ4n) is 1.59. The first kappa shape index (κ1) is 13.1. The van der Waals surface area contributed by atoms with Gasteiger partial charge in [-0.2, -0.15) is 0 Å². The largest absolute Gasteiger partial charge is 0.368 e. The highest BCUT2D eigenvalue weighted by Gasteiger charge is 2.05. The number of nitrogens with zero attached hydrogens (tertiary/aromatic N) is 2. The Labute approximate surface area is 116 Å². The molecule has 0 amide bonds. The van der Waals surface area contributed by atoms with E-state index < -0.39 is 0 Å². The minimum Gasteiger partial charge on any atom is -0.368 e. The second kappa shape index (κ2) is 5.55. The van der Waals surface area contributed by atoms with E-state index in [0.29, 0.717) is 16.1 Å². The van der Waals surface area contributed by atoms with E-state index in [0.717, 1.165) is 17.1 Å². The van der Waals surface area contributed by atoms with Crippen molar-refractivity contribution in [3.63, 3.8) is 0 Å². The Morgan fingerprint density at radius 2 is 1.67 bits per heavy atom. The summed E-state index contributed by atoms with van der Waals surface area (Å²) >= 11 is 12.0. The van der Waals surface area contributed by atoms with Crippen LogP contribution in [0.4, 0.5) is 5.82 Å². The first-order valence-corrected chi connectivity index (χ1v) is 6.35. The molecule has 2 aromatic rings. The second-order valence-electron chi connectivity index (χ2n) is 4.25. The maximum Gasteiger partial charge on any atom is 0.130 e. The van der Waals surface area contributed by atoms with Crippen molar-refractivity contribution in [2.24, 2.45) is 0 Å². The molecule has 0 saturated heterocycles. The van der Waals surface area contributed by atoms with E-state index in [1.54, 1.807) is 6.07 Å². The number of aromatic nitrogens is 2. The van der Waals surface area contributed by atoms with Crippen molar-refractivity contribution in [1.82, 2.24) is 9.97 Å². The molecule has 3 nitrogen and oxygen atoms in total. The van der Waals surface area contributed by atoms with Gasteiger partial charge in [0, 0.05) is 27.7 Å². The topological polar surface area (TPSA) is 37.8 Å². The van der Waals surface area contributed by atoms with Gasteiger partial charge >= 0.3 is 0 Å². The Kier molecular flexibility index (Phi) is 4.04. The predicted octanol–water partition coefficient (Wildman–Crippen LogP) is 4.27. The highest BCUT2D eigenvalue weighted by Crippen LogP contribution is 2.26. The lowest BCUT2D eigenvalue weighted by Gasteiger charge is -2.10. The van der Waals surface area contributed by atoms with Crippen molar-refractivity contribution >= 4 is 29.0 Å². The maximum absolute atomic E-state index is 5.98. The van der Waals surface area contributed by atoms with Crippen LogP contribution in [0.5, 0.6) is 0 Å². The van der Waals surface area contributed by atoms with E-state index in [1.807, 2.05) is 18.2 Å². The Bertz CT molecular complexity index is 535. The molecular weight excluding hydrogens is 269 g/mol. The third-order valence-corrected chi connectivity index (χ3v) is 2.70. The fraction of sp³-hybridized carbons (Fsp3) is 0.231. The summed E-state index contributed by atoms with van der Waals surface area (Å²) in [6, 6.07) is 7.54. The molecule has 0 spiro atoms. The number of benzene rings is 1. The quantitative estimate of drug-likeness (QED) is 0.913. The van der Waals surface area contributed by atoms with E-state index in [-0.39, 0.29) is 0 Å². The van der Waals surface area contributed by atoms with Crippen molar-refractivity contribution in [2.75, 3.05) is 5.32 Å². The molecule has 1 aromatic carbocycles. The van der Waals surface area contributed by atoms with Crippen LogP contribution in [-0.2, 0) is 0 Å². The minimum absolute atomic E-state index is 0.315. The predicted molar refractivity (Wildman–Crippen MR) is 76.2 cm³/mol. The van der Waals surface area contributed by atoms with Crippen molar-refractivity contribution in [3.05, 3.63) is 40.6 Å². The van der Waals surface area contributed by atoms with Gasteiger partial charge in [-0.15, -0.1) is 0 Å². The number of halogens is 2. The van der Waals surface area contributed by atoms with Gasteiger partial charge in [0.1, 0.15) is 12.1 Å². The van der Waals surface area contributed by atoms with Gasteiger partial charge in [-0.3, -0.25) is 0 Å². The second-order valence-corrected chi connectivity index (χ2v) is 5.12. The fourth-order valence-corrected chi connectivity index (χ4v) is 2.12. The standard InChI is InChI=1S/C13H13Cl2N3/c1-8(2)18-13-6-12(16-7-17-13)9-3-10(14)5-11(15)4-9/h3-8H,1-2H3,(H,16,17,18). The molecule has 0 bridgehead atoms. The molecule has 0 fully saturated rings. The molecule has 18 heavy (non-hydrogen) atoms. The molecule has 0 aliphatic heterocycles. The van der Waals surface area contributed by atoms with Crippen LogP contribution in [0.1, 0.15) is 13.8 Å². The summed E-state index contributed by atoms with van der Waals surface area (Å²) in [7, 11) is 0. The monoisotopic (exact) mass is 281 g/mol. The number of anilines is 1. The SMILES string of the molecule is CC(C)Nc1cc(-c2cc(Cl)cc(Cl)c2)ncn1. The molecule has 1 N–H and O–H groups in total. The molecule has 2 rings (SSSR count). The van der Waals surface area contributed by atoms with E-state index >= 15 is 0 Å². The number of hydrogen-bond acceptors (Lipinski definition) is 3. The number of rotatable bonds is 3. The Morgan fingerprint density at radius 3 is 2.28 bits per heavy atom. The Balaban J connectivity index is 2.38. The van der Waals surface area contributed by atoms with Gasteiger partial charge < -0.3 is 5.32 Å². The molecule has 0 unspecified atom stereocenters. The van der Waals surface area contributed by atoms with E-state index in [1.165, 1.54) is 6.33 Å². The molecule has 5 heteroatoms. The molecular formula is C13H13Cl2N3. The van der Waals surface area contributed by atoms with Gasteiger partial charge in [-0.1, -0.05) is 23.2 Å². The molecule has 0 atom stereocenters. The first-order chi connectivity index (χ1) is 8.54. The van der Waals surface area contributed by atoms with Crippen LogP contribution in [0, 0.1) is 0 Å². The number of hydrogen-bond donors (Lipinski definition) is 1. The van der Waals surface area contributed by atoms with Gasteiger partial charge in [0.15, 0.2) is 0 Å². The molecule has 1 heterocycles. The van der Waals surface area contributed by atoms with Crippen LogP contribution in [0.15, 0.2) is 30.6 Å². The summed E-state index contributed by atoms with van der Waals surface area (Å²) in [5.74, 6) is 0.783. The van der Waals surface area contributed by atoms with Gasteiger partial charge in [0.25, 0.3) is 0 Å². The Morgan fingerprint density at radius 1 is 1.00 bits per heavy atom. The van der Waals surface area contributed by atoms with Gasteiger partial charge in [-0.05, 0) is 32.0 Å². The number of nitrogens with one attached hydrogen (secondary N) is 1. The zero-order valence-corrected chi connectivity index (χ0v) is 11.6. The van der Waals surface area contributed by atoms with Crippen molar-refractivity contribution in [2.45, 2.75) is 19.9 Å². The van der Waals surface area contributed by atoms with Crippen LogP contribution >= 0.6 is 23.2 Å². The summed E-state index contributed by atoms with van der Waals surface area (Å²) in [6.07, 6.45) is 1.52. The van der Waals surface area contributed by atoms with Crippen LogP contribution in [0.25, 0.3) is 11.3 Å². The maximum atomic E-state index is 5.98. The summed E-state index contributed by atoms with van der Waals surface area (Å²) in [5.41, 5.74) is 1.67. The zero-order valence-electron chi connectivity index (χ0n) is 10.1. The molecule has 1 aromatic heterocycles. The van der Waals surface area contributed by atoms with Crippen molar-refractivity contribution in [1.29, 1.82) is 0 Å². The third kappa shape index (κ3) is 3.34. The first-order valence-electron chi connectivity index (χ1n) is 5.59. The van der Waals surface area contributed by atoms with E-state index in [4.69, 9.17) is 23.2 Å². The van der Waals surface area contributed by atoms with Crippen molar-refractivity contribution < 1.29 is 0 Å². The zero-order chi connectivity index (χ0) is 13.1. The summed E-state index contributed by atoms with van der Waals surface area (Å²) < 4.78 is 0. The Hall–Kier alpha value is -1.32. The average molecular weight is 282 g/mol. The highest BCUT2D eigenvalue weighted by molar-refractivity contribution is 6.35. The lowest BCUT2D eigenvalue weighted by Crippen LogP contribution is -2.11. The highest BCUT2D eigenvalue weighted by atomic mass is 35.5. The molecule has 94 valence electrons. The summed E-state index contributed by atoms with van der Waals surface area (Å²) in [4.78, 5) is 8.39. The minimum atomic E-state index is 0.315. The average Bonchev–Trinajstić information content (AvgIpc) is 2.27. The molecule has 0 saturated carbocycles. The smallest absolute Gasteiger partial charge is 0.130 e. The van der Waals surface area contributed by atoms with Crippen LogP contribution in [0.3, 0.4) is 0 Å². The van der Waals surface area contributed by atoms with Crippen LogP contribution in [-0.4, -0.2) is 16.0 Å². The molecule has 0 aliphatic carbocycles. The van der Waals surface area contributed by atoms with E-state index in [2.05, 4.69) is 29.1 Å². The van der Waals surface area contributed by atoms with Gasteiger partial charge in [0.05, 0.1) is 5.69 Å². The molecule has 0 radical (unpaired) electrons. The van der Waals surface area contributed by atoms with E-state index in [9.17, 15) is 0 Å². The van der Waals surface area contributed by atoms with Crippen LogP contribution in [0.2, 0.25) is 10.0 Å². The van der Waals surface area contributed by atoms with Gasteiger partial charge in [-0.25, -0.2) is 9.97 Å². The lowest BCUT2D eigenvalue weighted by molar-refractivity contribution is 0.886. The summed E-state index contributed by atoms with van der Waals surface area (Å²) in [6.45, 7) is 4.11.